The van der Waals surface area contributed by atoms with E-state index in [2.05, 4.69) is 10.6 Å². The molecule has 1 saturated carbocycles. The Labute approximate surface area is 95.6 Å². The van der Waals surface area contributed by atoms with Crippen LogP contribution in [0.4, 0.5) is 4.79 Å². The quantitative estimate of drug-likeness (QED) is 0.644. The van der Waals surface area contributed by atoms with Crippen LogP contribution in [0.25, 0.3) is 0 Å². The second-order valence-electron chi connectivity index (χ2n) is 4.43. The predicted octanol–water partition coefficient (Wildman–Crippen LogP) is 1.48. The van der Waals surface area contributed by atoms with E-state index in [0.717, 1.165) is 12.8 Å². The van der Waals surface area contributed by atoms with Crippen LogP contribution >= 0.6 is 0 Å². The summed E-state index contributed by atoms with van der Waals surface area (Å²) in [4.78, 5) is 21.7. The zero-order valence-corrected chi connectivity index (χ0v) is 9.66. The van der Waals surface area contributed by atoms with Gasteiger partial charge < -0.3 is 15.7 Å². The van der Waals surface area contributed by atoms with Crippen LogP contribution in [-0.4, -0.2) is 29.2 Å². The van der Waals surface area contributed by atoms with Crippen molar-refractivity contribution in [3.05, 3.63) is 0 Å². The molecule has 16 heavy (non-hydrogen) atoms. The maximum Gasteiger partial charge on any atom is 0.315 e. The van der Waals surface area contributed by atoms with Crippen molar-refractivity contribution >= 4 is 12.0 Å². The molecule has 92 valence electrons. The van der Waals surface area contributed by atoms with Crippen LogP contribution < -0.4 is 10.6 Å². The Morgan fingerprint density at radius 3 is 2.62 bits per heavy atom. The van der Waals surface area contributed by atoms with E-state index in [4.69, 9.17) is 5.11 Å². The van der Waals surface area contributed by atoms with Gasteiger partial charge in [0.2, 0.25) is 0 Å². The molecule has 5 nitrogen and oxygen atoms in total. The van der Waals surface area contributed by atoms with E-state index in [1.807, 2.05) is 6.92 Å². The van der Waals surface area contributed by atoms with Crippen molar-refractivity contribution < 1.29 is 14.7 Å². The van der Waals surface area contributed by atoms with Gasteiger partial charge in [-0.05, 0) is 39.0 Å². The summed E-state index contributed by atoms with van der Waals surface area (Å²) < 4.78 is 0. The summed E-state index contributed by atoms with van der Waals surface area (Å²) in [5, 5.41) is 14.2. The normalized spacial score (nSPS) is 17.3. The summed E-state index contributed by atoms with van der Waals surface area (Å²) in [5.41, 5.74) is 0. The lowest BCUT2D eigenvalue weighted by Crippen LogP contribution is -2.47. The molecule has 0 bridgehead atoms. The predicted molar refractivity (Wildman–Crippen MR) is 60.3 cm³/mol. The smallest absolute Gasteiger partial charge is 0.315 e. The van der Waals surface area contributed by atoms with Gasteiger partial charge in [0, 0.05) is 18.5 Å². The topological polar surface area (TPSA) is 78.4 Å². The molecule has 0 aromatic rings. The Morgan fingerprint density at radius 1 is 1.44 bits per heavy atom. The number of nitrogens with one attached hydrogen (secondary N) is 2. The lowest BCUT2D eigenvalue weighted by Gasteiger charge is -2.27. The van der Waals surface area contributed by atoms with Crippen molar-refractivity contribution in [1.29, 1.82) is 0 Å². The summed E-state index contributed by atoms with van der Waals surface area (Å²) in [7, 11) is 0. The van der Waals surface area contributed by atoms with Gasteiger partial charge in [0.1, 0.15) is 0 Å². The van der Waals surface area contributed by atoms with E-state index in [1.54, 1.807) is 0 Å². The van der Waals surface area contributed by atoms with Crippen molar-refractivity contribution in [2.45, 2.75) is 57.5 Å². The van der Waals surface area contributed by atoms with Gasteiger partial charge in [-0.2, -0.15) is 0 Å². The summed E-state index contributed by atoms with van der Waals surface area (Å²) in [6, 6.07) is 0.234. The average Bonchev–Trinajstić information content (AvgIpc) is 2.10. The van der Waals surface area contributed by atoms with Crippen molar-refractivity contribution in [2.24, 2.45) is 0 Å². The SMILES string of the molecule is CC(CCCC(=O)O)NC(=O)NC1CCC1. The maximum absolute atomic E-state index is 11.4. The molecule has 0 spiro atoms. The number of rotatable bonds is 6. The highest BCUT2D eigenvalue weighted by Crippen LogP contribution is 2.17. The molecule has 0 radical (unpaired) electrons. The van der Waals surface area contributed by atoms with Gasteiger partial charge in [-0.15, -0.1) is 0 Å². The van der Waals surface area contributed by atoms with Crippen LogP contribution in [0, 0.1) is 0 Å². The zero-order chi connectivity index (χ0) is 12.0. The van der Waals surface area contributed by atoms with Gasteiger partial charge in [0.05, 0.1) is 0 Å². The standard InChI is InChI=1S/C11H20N2O3/c1-8(4-2-7-10(14)15)12-11(16)13-9-5-3-6-9/h8-9H,2-7H2,1H3,(H,14,15)(H2,12,13,16). The van der Waals surface area contributed by atoms with E-state index in [0.29, 0.717) is 18.9 Å². The molecule has 1 aliphatic rings. The van der Waals surface area contributed by atoms with Crippen LogP contribution in [0.15, 0.2) is 0 Å². The van der Waals surface area contributed by atoms with Gasteiger partial charge in [0.15, 0.2) is 0 Å². The van der Waals surface area contributed by atoms with Crippen LogP contribution in [0.5, 0.6) is 0 Å². The molecule has 1 aliphatic carbocycles. The molecule has 0 aromatic heterocycles. The lowest BCUT2D eigenvalue weighted by atomic mass is 9.93. The second-order valence-corrected chi connectivity index (χ2v) is 4.43. The van der Waals surface area contributed by atoms with Crippen molar-refractivity contribution in [2.75, 3.05) is 0 Å². The number of carboxylic acid groups (broad SMARTS) is 1. The highest BCUT2D eigenvalue weighted by atomic mass is 16.4. The molecule has 3 N–H and O–H groups in total. The van der Waals surface area contributed by atoms with Gasteiger partial charge in [-0.1, -0.05) is 0 Å². The molecular formula is C11H20N2O3. The summed E-state index contributed by atoms with van der Waals surface area (Å²) >= 11 is 0. The summed E-state index contributed by atoms with van der Waals surface area (Å²) in [5.74, 6) is -0.786. The minimum absolute atomic E-state index is 0.0272. The van der Waals surface area contributed by atoms with E-state index in [-0.39, 0.29) is 18.5 Å². The third kappa shape index (κ3) is 5.00. The second kappa shape index (κ2) is 6.35. The number of carboxylic acids is 1. The van der Waals surface area contributed by atoms with Crippen molar-refractivity contribution in [3.63, 3.8) is 0 Å². The van der Waals surface area contributed by atoms with Crippen molar-refractivity contribution in [3.8, 4) is 0 Å². The van der Waals surface area contributed by atoms with E-state index in [9.17, 15) is 9.59 Å². The first kappa shape index (κ1) is 12.8. The number of carbonyl (C=O) groups is 2. The van der Waals surface area contributed by atoms with Crippen LogP contribution in [-0.2, 0) is 4.79 Å². The molecule has 0 aliphatic heterocycles. The van der Waals surface area contributed by atoms with Gasteiger partial charge >= 0.3 is 12.0 Å². The van der Waals surface area contributed by atoms with Crippen LogP contribution in [0.3, 0.4) is 0 Å². The fourth-order valence-electron chi connectivity index (χ4n) is 1.64. The molecule has 2 amide bonds. The fourth-order valence-corrected chi connectivity index (χ4v) is 1.64. The van der Waals surface area contributed by atoms with Crippen LogP contribution in [0.1, 0.15) is 45.4 Å². The van der Waals surface area contributed by atoms with E-state index in [1.165, 1.54) is 6.42 Å². The Bertz CT molecular complexity index is 252. The Balaban J connectivity index is 2.05. The third-order valence-corrected chi connectivity index (χ3v) is 2.85. The van der Waals surface area contributed by atoms with Gasteiger partial charge in [-0.25, -0.2) is 4.79 Å². The van der Waals surface area contributed by atoms with Crippen molar-refractivity contribution in [1.82, 2.24) is 10.6 Å². The number of urea groups is 1. The molecule has 0 saturated heterocycles. The minimum Gasteiger partial charge on any atom is -0.481 e. The first-order valence-electron chi connectivity index (χ1n) is 5.86. The molecule has 1 rings (SSSR count). The molecule has 1 fully saturated rings. The Kier molecular flexibility index (Phi) is 5.08. The van der Waals surface area contributed by atoms with Gasteiger partial charge in [0.25, 0.3) is 0 Å². The third-order valence-electron chi connectivity index (χ3n) is 2.85. The highest BCUT2D eigenvalue weighted by Gasteiger charge is 2.19. The molecule has 0 heterocycles. The average molecular weight is 228 g/mol. The number of hydrogen-bond acceptors (Lipinski definition) is 2. The monoisotopic (exact) mass is 228 g/mol. The molecule has 0 aromatic carbocycles. The number of aliphatic carboxylic acids is 1. The van der Waals surface area contributed by atoms with E-state index >= 15 is 0 Å². The zero-order valence-electron chi connectivity index (χ0n) is 9.66. The highest BCUT2D eigenvalue weighted by molar-refractivity contribution is 5.74. The number of carbonyl (C=O) groups excluding carboxylic acids is 1. The molecule has 5 heteroatoms. The van der Waals surface area contributed by atoms with Crippen LogP contribution in [0.2, 0.25) is 0 Å². The minimum atomic E-state index is -0.786. The molecular weight excluding hydrogens is 208 g/mol. The molecule has 1 unspecified atom stereocenters. The number of amides is 2. The van der Waals surface area contributed by atoms with Gasteiger partial charge in [-0.3, -0.25) is 4.79 Å². The lowest BCUT2D eigenvalue weighted by molar-refractivity contribution is -0.137. The maximum atomic E-state index is 11.4. The summed E-state index contributed by atoms with van der Waals surface area (Å²) in [6.45, 7) is 1.89. The first-order valence-corrected chi connectivity index (χ1v) is 5.86. The largest absolute Gasteiger partial charge is 0.481 e. The number of hydrogen-bond donors (Lipinski definition) is 3. The Hall–Kier alpha value is -1.26. The Morgan fingerprint density at radius 2 is 2.12 bits per heavy atom. The first-order chi connectivity index (χ1) is 7.58. The summed E-state index contributed by atoms with van der Waals surface area (Å²) in [6.07, 6.45) is 4.79. The fraction of sp³-hybridized carbons (Fsp3) is 0.818. The molecule has 1 atom stereocenters. The van der Waals surface area contributed by atoms with E-state index < -0.39 is 5.97 Å².